The quantitative estimate of drug-likeness (QED) is 0.129. The van der Waals surface area contributed by atoms with Crippen LogP contribution in [0.15, 0.2) is 0 Å². The lowest BCUT2D eigenvalue weighted by Gasteiger charge is -2.23. The van der Waals surface area contributed by atoms with Gasteiger partial charge in [-0.05, 0) is 50.5 Å². The molecule has 0 radical (unpaired) electrons. The van der Waals surface area contributed by atoms with Crippen molar-refractivity contribution in [1.82, 2.24) is 0 Å². The fourth-order valence-corrected chi connectivity index (χ4v) is 4.88. The molecule has 34 heavy (non-hydrogen) atoms. The minimum Gasteiger partial charge on any atom is -0.504 e. The van der Waals surface area contributed by atoms with Crippen LogP contribution < -0.4 is 4.74 Å². The summed E-state index contributed by atoms with van der Waals surface area (Å²) < 4.78 is 6.16. The van der Waals surface area contributed by atoms with Gasteiger partial charge in [0.25, 0.3) is 0 Å². The molecule has 0 spiro atoms. The Balaban J connectivity index is 3.21. The first-order valence-corrected chi connectivity index (χ1v) is 14.8. The van der Waals surface area contributed by atoms with Crippen LogP contribution in [0, 0.1) is 0 Å². The van der Waals surface area contributed by atoms with Crippen LogP contribution in [0.1, 0.15) is 154 Å². The predicted octanol–water partition coefficient (Wildman–Crippen LogP) is 9.82. The molecule has 0 unspecified atom stereocenters. The minimum absolute atomic E-state index is 0.0158. The molecule has 0 heterocycles. The van der Waals surface area contributed by atoms with Crippen molar-refractivity contribution < 1.29 is 14.9 Å². The van der Waals surface area contributed by atoms with Crippen molar-refractivity contribution >= 4 is 0 Å². The second-order valence-corrected chi connectivity index (χ2v) is 10.2. The van der Waals surface area contributed by atoms with Crippen molar-refractivity contribution in [2.24, 2.45) is 0 Å². The Bertz CT molecular complexity index is 638. The lowest BCUT2D eigenvalue weighted by Crippen LogP contribution is -2.08. The standard InChI is InChI=1S/C31H56O3/c1-5-9-13-16-19-22-26-27(23-20-17-14-10-6-2)29(32)30(33)31(34-25-12-8-4)28(26)24-21-18-15-11-7-3/h32-33H,5-25H2,1-4H3. The molecule has 198 valence electrons. The average molecular weight is 477 g/mol. The van der Waals surface area contributed by atoms with Gasteiger partial charge in [0, 0.05) is 11.1 Å². The zero-order chi connectivity index (χ0) is 25.0. The number of benzene rings is 1. The lowest BCUT2D eigenvalue weighted by atomic mass is 9.88. The Hall–Kier alpha value is -1.38. The second-order valence-electron chi connectivity index (χ2n) is 10.2. The molecule has 0 bridgehead atoms. The SMILES string of the molecule is CCCCCCCc1c(O)c(O)c(OCCCC)c(CCCCCCC)c1CCCCCCC. The van der Waals surface area contributed by atoms with Crippen molar-refractivity contribution in [2.45, 2.75) is 156 Å². The molecule has 0 atom stereocenters. The van der Waals surface area contributed by atoms with E-state index >= 15 is 0 Å². The monoisotopic (exact) mass is 476 g/mol. The van der Waals surface area contributed by atoms with Gasteiger partial charge in [-0.1, -0.05) is 111 Å². The van der Waals surface area contributed by atoms with Crippen LogP contribution in [0.4, 0.5) is 0 Å². The highest BCUT2D eigenvalue weighted by Crippen LogP contribution is 2.46. The summed E-state index contributed by atoms with van der Waals surface area (Å²) in [5.41, 5.74) is 3.46. The number of phenolic OH excluding ortho intramolecular Hbond substituents is 2. The molecule has 3 nitrogen and oxygen atoms in total. The largest absolute Gasteiger partial charge is 0.504 e. The summed E-state index contributed by atoms with van der Waals surface area (Å²) in [6.07, 6.45) is 23.1. The highest BCUT2D eigenvalue weighted by molar-refractivity contribution is 5.62. The Morgan fingerprint density at radius 3 is 1.32 bits per heavy atom. The van der Waals surface area contributed by atoms with Gasteiger partial charge in [0.05, 0.1) is 6.61 Å². The van der Waals surface area contributed by atoms with Crippen molar-refractivity contribution in [2.75, 3.05) is 6.61 Å². The van der Waals surface area contributed by atoms with E-state index in [9.17, 15) is 10.2 Å². The number of phenols is 2. The molecule has 0 amide bonds. The number of unbranched alkanes of at least 4 members (excludes halogenated alkanes) is 13. The Labute approximate surface area is 211 Å². The molecule has 1 aromatic carbocycles. The summed E-state index contributed by atoms with van der Waals surface area (Å²) in [4.78, 5) is 0. The Kier molecular flexibility index (Phi) is 17.9. The second kappa shape index (κ2) is 19.9. The van der Waals surface area contributed by atoms with Crippen LogP contribution in [-0.4, -0.2) is 16.8 Å². The fraction of sp³-hybridized carbons (Fsp3) is 0.806. The highest BCUT2D eigenvalue weighted by Gasteiger charge is 2.24. The van der Waals surface area contributed by atoms with Crippen LogP contribution in [-0.2, 0) is 19.3 Å². The maximum absolute atomic E-state index is 11.1. The molecule has 0 aliphatic carbocycles. The molecule has 0 saturated carbocycles. The fourth-order valence-electron chi connectivity index (χ4n) is 4.88. The third-order valence-electron chi connectivity index (χ3n) is 7.06. The zero-order valence-corrected chi connectivity index (χ0v) is 23.2. The van der Waals surface area contributed by atoms with Gasteiger partial charge in [-0.2, -0.15) is 0 Å². The molecule has 2 N–H and O–H groups in total. The van der Waals surface area contributed by atoms with Gasteiger partial charge >= 0.3 is 0 Å². The summed E-state index contributed by atoms with van der Waals surface area (Å²) in [5, 5.41) is 22.1. The van der Waals surface area contributed by atoms with Crippen LogP contribution in [0.2, 0.25) is 0 Å². The first-order valence-electron chi connectivity index (χ1n) is 14.8. The van der Waals surface area contributed by atoms with Gasteiger partial charge in [0.1, 0.15) is 0 Å². The molecular weight excluding hydrogens is 420 g/mol. The average Bonchev–Trinajstić information content (AvgIpc) is 2.84. The minimum atomic E-state index is -0.0158. The van der Waals surface area contributed by atoms with E-state index < -0.39 is 0 Å². The maximum Gasteiger partial charge on any atom is 0.201 e. The van der Waals surface area contributed by atoms with Gasteiger partial charge in [-0.15, -0.1) is 0 Å². The number of ether oxygens (including phenoxy) is 1. The predicted molar refractivity (Wildman–Crippen MR) is 148 cm³/mol. The van der Waals surface area contributed by atoms with E-state index in [1.807, 2.05) is 0 Å². The van der Waals surface area contributed by atoms with Crippen LogP contribution in [0.25, 0.3) is 0 Å². The van der Waals surface area contributed by atoms with Crippen molar-refractivity contribution in [3.8, 4) is 17.2 Å². The molecule has 1 rings (SSSR count). The van der Waals surface area contributed by atoms with E-state index in [1.54, 1.807) is 0 Å². The summed E-state index contributed by atoms with van der Waals surface area (Å²) >= 11 is 0. The van der Waals surface area contributed by atoms with Gasteiger partial charge in [0.2, 0.25) is 5.75 Å². The van der Waals surface area contributed by atoms with Gasteiger partial charge < -0.3 is 14.9 Å². The summed E-state index contributed by atoms with van der Waals surface area (Å²) in [6.45, 7) is 9.49. The lowest BCUT2D eigenvalue weighted by molar-refractivity contribution is 0.282. The van der Waals surface area contributed by atoms with E-state index in [0.29, 0.717) is 12.4 Å². The van der Waals surface area contributed by atoms with E-state index in [1.165, 1.54) is 88.2 Å². The van der Waals surface area contributed by atoms with Gasteiger partial charge in [-0.3, -0.25) is 0 Å². The molecule has 0 fully saturated rings. The van der Waals surface area contributed by atoms with E-state index in [4.69, 9.17) is 4.74 Å². The normalized spacial score (nSPS) is 11.3. The molecule has 0 aliphatic heterocycles. The number of rotatable bonds is 22. The molecule has 3 heteroatoms. The van der Waals surface area contributed by atoms with E-state index in [-0.39, 0.29) is 11.5 Å². The molecule has 1 aromatic rings. The van der Waals surface area contributed by atoms with Gasteiger partial charge in [0.15, 0.2) is 11.5 Å². The van der Waals surface area contributed by atoms with Crippen LogP contribution in [0.5, 0.6) is 17.2 Å². The molecule has 0 aromatic heterocycles. The summed E-state index contributed by atoms with van der Waals surface area (Å²) in [6, 6.07) is 0. The summed E-state index contributed by atoms with van der Waals surface area (Å²) in [5.74, 6) is 0.637. The number of aromatic hydroxyl groups is 2. The highest BCUT2D eigenvalue weighted by atomic mass is 16.5. The van der Waals surface area contributed by atoms with Crippen LogP contribution >= 0.6 is 0 Å². The molecule has 0 saturated heterocycles. The summed E-state index contributed by atoms with van der Waals surface area (Å²) in [7, 11) is 0. The Morgan fingerprint density at radius 2 is 0.853 bits per heavy atom. The zero-order valence-electron chi connectivity index (χ0n) is 23.2. The third-order valence-corrected chi connectivity index (χ3v) is 7.06. The smallest absolute Gasteiger partial charge is 0.201 e. The first-order chi connectivity index (χ1) is 16.6. The van der Waals surface area contributed by atoms with E-state index in [2.05, 4.69) is 27.7 Å². The van der Waals surface area contributed by atoms with Crippen LogP contribution in [0.3, 0.4) is 0 Å². The third kappa shape index (κ3) is 11.4. The van der Waals surface area contributed by atoms with Gasteiger partial charge in [-0.25, -0.2) is 0 Å². The topological polar surface area (TPSA) is 49.7 Å². The van der Waals surface area contributed by atoms with E-state index in [0.717, 1.165) is 56.9 Å². The van der Waals surface area contributed by atoms with Crippen molar-refractivity contribution in [1.29, 1.82) is 0 Å². The Morgan fingerprint density at radius 1 is 0.441 bits per heavy atom. The number of hydrogen-bond donors (Lipinski definition) is 2. The number of hydrogen-bond acceptors (Lipinski definition) is 3. The maximum atomic E-state index is 11.1. The molecule has 0 aliphatic rings. The molecular formula is C31H56O3. The van der Waals surface area contributed by atoms with Crippen molar-refractivity contribution in [3.63, 3.8) is 0 Å². The van der Waals surface area contributed by atoms with Crippen molar-refractivity contribution in [3.05, 3.63) is 16.7 Å². The first kappa shape index (κ1) is 30.7.